The Labute approximate surface area is 168 Å². The third kappa shape index (κ3) is 14.2. The van der Waals surface area contributed by atoms with Crippen molar-refractivity contribution in [1.82, 2.24) is 26.8 Å². The van der Waals surface area contributed by atoms with Gasteiger partial charge in [0, 0.05) is 6.42 Å². The fraction of sp³-hybridized carbons (Fsp3) is 0.789. The zero-order chi connectivity index (χ0) is 21.2. The molecule has 0 spiro atoms. The fourth-order valence-electron chi connectivity index (χ4n) is 2.53. The Balaban J connectivity index is 3.98. The number of aldehydes is 1. The third-order valence-corrected chi connectivity index (χ3v) is 4.18. The first-order valence-electron chi connectivity index (χ1n) is 10.0. The molecule has 0 heterocycles. The van der Waals surface area contributed by atoms with Crippen LogP contribution in [0.5, 0.6) is 0 Å². The van der Waals surface area contributed by atoms with Gasteiger partial charge >= 0.3 is 0 Å². The van der Waals surface area contributed by atoms with Crippen molar-refractivity contribution >= 4 is 23.9 Å². The highest BCUT2D eigenvalue weighted by Gasteiger charge is 2.22. The minimum Gasteiger partial charge on any atom is -0.348 e. The molecule has 0 unspecified atom stereocenters. The van der Waals surface area contributed by atoms with E-state index in [2.05, 4.69) is 26.8 Å². The Morgan fingerprint density at radius 3 is 2.25 bits per heavy atom. The second-order valence-electron chi connectivity index (χ2n) is 7.07. The van der Waals surface area contributed by atoms with E-state index in [1.807, 2.05) is 20.9 Å². The van der Waals surface area contributed by atoms with E-state index in [-0.39, 0.29) is 37.2 Å². The molecule has 5 N–H and O–H groups in total. The molecule has 0 fully saturated rings. The first-order chi connectivity index (χ1) is 13.4. The zero-order valence-corrected chi connectivity index (χ0v) is 17.4. The van der Waals surface area contributed by atoms with E-state index in [1.54, 1.807) is 0 Å². The standard InChI is InChI=1S/C19H37N5O4/c1-15(2)18(19(28)22-14-17(27)21-11-12-25)24-23-13-16(26)9-7-5-4-6-8-10-20-3/h12,15,18,20,23-24H,4-11,13-14H2,1-3H3,(H,21,27)(H,22,28)/t18-/m0/s1. The van der Waals surface area contributed by atoms with E-state index < -0.39 is 11.9 Å². The molecule has 0 aliphatic heterocycles. The van der Waals surface area contributed by atoms with E-state index in [9.17, 15) is 19.2 Å². The molecule has 0 rings (SSSR count). The Hall–Kier alpha value is -1.84. The number of hydrogen-bond acceptors (Lipinski definition) is 7. The highest BCUT2D eigenvalue weighted by molar-refractivity contribution is 5.88. The van der Waals surface area contributed by atoms with Crippen molar-refractivity contribution in [1.29, 1.82) is 0 Å². The van der Waals surface area contributed by atoms with Crippen LogP contribution in [0.3, 0.4) is 0 Å². The molecule has 9 nitrogen and oxygen atoms in total. The number of nitrogens with one attached hydrogen (secondary N) is 5. The number of unbranched alkanes of at least 4 members (excludes halogenated alkanes) is 4. The molecule has 162 valence electrons. The van der Waals surface area contributed by atoms with E-state index in [0.717, 1.165) is 32.2 Å². The van der Waals surface area contributed by atoms with Crippen molar-refractivity contribution in [3.63, 3.8) is 0 Å². The minimum atomic E-state index is -0.584. The predicted molar refractivity (Wildman–Crippen MR) is 108 cm³/mol. The van der Waals surface area contributed by atoms with Crippen LogP contribution in [-0.2, 0) is 19.2 Å². The van der Waals surface area contributed by atoms with Crippen molar-refractivity contribution < 1.29 is 19.2 Å². The van der Waals surface area contributed by atoms with Crippen LogP contribution in [0.1, 0.15) is 52.4 Å². The summed E-state index contributed by atoms with van der Waals surface area (Å²) in [6.45, 7) is 4.62. The van der Waals surface area contributed by atoms with Crippen molar-refractivity contribution in [2.45, 2.75) is 58.4 Å². The third-order valence-electron chi connectivity index (χ3n) is 4.18. The van der Waals surface area contributed by atoms with Gasteiger partial charge in [-0.05, 0) is 32.4 Å². The van der Waals surface area contributed by atoms with Crippen LogP contribution < -0.4 is 26.8 Å². The van der Waals surface area contributed by atoms with E-state index >= 15 is 0 Å². The van der Waals surface area contributed by atoms with Gasteiger partial charge in [0.25, 0.3) is 0 Å². The molecular weight excluding hydrogens is 362 g/mol. The maximum Gasteiger partial charge on any atom is 0.239 e. The summed E-state index contributed by atoms with van der Waals surface area (Å²) >= 11 is 0. The minimum absolute atomic E-state index is 0.0433. The summed E-state index contributed by atoms with van der Waals surface area (Å²) in [6, 6.07) is -0.584. The maximum absolute atomic E-state index is 12.2. The van der Waals surface area contributed by atoms with Gasteiger partial charge in [-0.15, -0.1) is 0 Å². The number of rotatable bonds is 18. The van der Waals surface area contributed by atoms with Crippen molar-refractivity contribution in [3.8, 4) is 0 Å². The van der Waals surface area contributed by atoms with Gasteiger partial charge in [0.2, 0.25) is 11.8 Å². The molecule has 0 aliphatic carbocycles. The average molecular weight is 400 g/mol. The number of carbonyl (C=O) groups is 4. The fourth-order valence-corrected chi connectivity index (χ4v) is 2.53. The summed E-state index contributed by atoms with van der Waals surface area (Å²) < 4.78 is 0. The van der Waals surface area contributed by atoms with Crippen LogP contribution in [0.25, 0.3) is 0 Å². The molecule has 0 bridgehead atoms. The molecule has 28 heavy (non-hydrogen) atoms. The van der Waals surface area contributed by atoms with Crippen LogP contribution >= 0.6 is 0 Å². The Morgan fingerprint density at radius 1 is 0.929 bits per heavy atom. The van der Waals surface area contributed by atoms with Crippen LogP contribution in [-0.4, -0.2) is 63.2 Å². The predicted octanol–water partition coefficient (Wildman–Crippen LogP) is -0.334. The molecule has 0 radical (unpaired) electrons. The highest BCUT2D eigenvalue weighted by atomic mass is 16.2. The molecule has 9 heteroatoms. The molecule has 1 atom stereocenters. The molecule has 0 aromatic carbocycles. The van der Waals surface area contributed by atoms with Gasteiger partial charge in [0.1, 0.15) is 18.1 Å². The van der Waals surface area contributed by atoms with Crippen LogP contribution in [0.15, 0.2) is 0 Å². The molecule has 0 aromatic heterocycles. The number of hydrazine groups is 1. The monoisotopic (exact) mass is 399 g/mol. The van der Waals surface area contributed by atoms with Gasteiger partial charge in [-0.25, -0.2) is 10.9 Å². The van der Waals surface area contributed by atoms with Crippen LogP contribution in [0.2, 0.25) is 0 Å². The summed E-state index contributed by atoms with van der Waals surface area (Å²) in [7, 11) is 1.94. The maximum atomic E-state index is 12.2. The topological polar surface area (TPSA) is 128 Å². The number of carbonyl (C=O) groups excluding carboxylic acids is 4. The van der Waals surface area contributed by atoms with E-state index in [4.69, 9.17) is 0 Å². The number of amides is 2. The van der Waals surface area contributed by atoms with E-state index in [0.29, 0.717) is 12.7 Å². The normalized spacial score (nSPS) is 11.9. The molecule has 0 saturated carbocycles. The lowest BCUT2D eigenvalue weighted by molar-refractivity contribution is -0.128. The van der Waals surface area contributed by atoms with Gasteiger partial charge in [0.05, 0.1) is 19.6 Å². The van der Waals surface area contributed by atoms with Gasteiger partial charge in [-0.3, -0.25) is 14.4 Å². The summed E-state index contributed by atoms with van der Waals surface area (Å²) in [5.41, 5.74) is 5.69. The number of hydrogen-bond donors (Lipinski definition) is 5. The first-order valence-corrected chi connectivity index (χ1v) is 10.0. The lowest BCUT2D eigenvalue weighted by atomic mass is 10.0. The van der Waals surface area contributed by atoms with Crippen molar-refractivity contribution in [2.75, 3.05) is 33.2 Å². The number of ketones is 1. The lowest BCUT2D eigenvalue weighted by Crippen LogP contribution is -2.54. The molecule has 0 aromatic rings. The Morgan fingerprint density at radius 2 is 1.61 bits per heavy atom. The van der Waals surface area contributed by atoms with Gasteiger partial charge in [-0.1, -0.05) is 33.1 Å². The summed E-state index contributed by atoms with van der Waals surface area (Å²) in [4.78, 5) is 45.8. The van der Waals surface area contributed by atoms with Gasteiger partial charge in [0.15, 0.2) is 0 Å². The second-order valence-corrected chi connectivity index (χ2v) is 7.07. The quantitative estimate of drug-likeness (QED) is 0.121. The SMILES string of the molecule is CNCCCCCCCC(=O)CNN[C@H](C(=O)NCC(=O)NCC=O)C(C)C. The zero-order valence-electron chi connectivity index (χ0n) is 17.4. The first kappa shape index (κ1) is 26.2. The summed E-state index contributed by atoms with van der Waals surface area (Å²) in [5, 5.41) is 7.98. The second kappa shape index (κ2) is 17.3. The smallest absolute Gasteiger partial charge is 0.239 e. The van der Waals surface area contributed by atoms with Crippen LogP contribution in [0, 0.1) is 5.92 Å². The summed E-state index contributed by atoms with van der Waals surface area (Å²) in [5.74, 6) is -0.730. The summed E-state index contributed by atoms with van der Waals surface area (Å²) in [6.07, 6.45) is 6.49. The average Bonchev–Trinajstić information content (AvgIpc) is 2.66. The lowest BCUT2D eigenvalue weighted by Gasteiger charge is -2.22. The van der Waals surface area contributed by atoms with Crippen molar-refractivity contribution in [2.24, 2.45) is 5.92 Å². The molecule has 0 aliphatic rings. The van der Waals surface area contributed by atoms with Gasteiger partial charge in [-0.2, -0.15) is 0 Å². The molecular formula is C19H37N5O4. The Kier molecular flexibility index (Phi) is 16.1. The molecule has 0 saturated heterocycles. The van der Waals surface area contributed by atoms with E-state index in [1.165, 1.54) is 6.42 Å². The van der Waals surface area contributed by atoms with Crippen LogP contribution in [0.4, 0.5) is 0 Å². The molecule has 2 amide bonds. The largest absolute Gasteiger partial charge is 0.348 e. The Bertz CT molecular complexity index is 471. The van der Waals surface area contributed by atoms with Crippen molar-refractivity contribution in [3.05, 3.63) is 0 Å². The number of Topliss-reactive ketones (excluding diaryl/α,β-unsaturated/α-hetero) is 1. The van der Waals surface area contributed by atoms with Gasteiger partial charge < -0.3 is 20.7 Å². The highest BCUT2D eigenvalue weighted by Crippen LogP contribution is 2.05.